The molecule has 0 saturated carbocycles. The lowest BCUT2D eigenvalue weighted by Gasteiger charge is -2.18. The molecule has 0 aliphatic carbocycles. The second-order valence-electron chi connectivity index (χ2n) is 3.60. The van der Waals surface area contributed by atoms with Crippen LogP contribution in [0.2, 0.25) is 5.02 Å². The van der Waals surface area contributed by atoms with Crippen LogP contribution in [0.25, 0.3) is 0 Å². The molecule has 1 heterocycles. The summed E-state index contributed by atoms with van der Waals surface area (Å²) in [4.78, 5) is 28.9. The fourth-order valence-corrected chi connectivity index (χ4v) is 1.67. The Labute approximate surface area is 111 Å². The van der Waals surface area contributed by atoms with E-state index in [4.69, 9.17) is 11.6 Å². The molecule has 1 N–H and O–H groups in total. The van der Waals surface area contributed by atoms with E-state index in [1.54, 1.807) is 4.90 Å². The zero-order valence-electron chi connectivity index (χ0n) is 10.4. The molecule has 1 rings (SSSR count). The van der Waals surface area contributed by atoms with Gasteiger partial charge in [-0.25, -0.2) is 0 Å². The van der Waals surface area contributed by atoms with Gasteiger partial charge < -0.3 is 10.2 Å². The Balaban J connectivity index is 2.57. The standard InChI is InChI=1S/C12H16ClN3O2/c1-3-16(4-2)11(17)8-15-12(18)9-7-14-6-5-10(9)13/h5-7H,3-4,8H2,1-2H3,(H,15,18). The summed E-state index contributed by atoms with van der Waals surface area (Å²) in [6, 6.07) is 1.53. The lowest BCUT2D eigenvalue weighted by Crippen LogP contribution is -2.40. The first kappa shape index (κ1) is 14.4. The third kappa shape index (κ3) is 3.70. The molecular formula is C12H16ClN3O2. The molecule has 0 aromatic carbocycles. The molecule has 0 fully saturated rings. The summed E-state index contributed by atoms with van der Waals surface area (Å²) in [5, 5.41) is 2.85. The Morgan fingerprint density at radius 1 is 1.39 bits per heavy atom. The summed E-state index contributed by atoms with van der Waals surface area (Å²) < 4.78 is 0. The summed E-state index contributed by atoms with van der Waals surface area (Å²) in [5.41, 5.74) is 0.270. The normalized spacial score (nSPS) is 9.94. The van der Waals surface area contributed by atoms with Gasteiger partial charge in [-0.3, -0.25) is 14.6 Å². The number of rotatable bonds is 5. The zero-order valence-corrected chi connectivity index (χ0v) is 11.2. The molecule has 18 heavy (non-hydrogen) atoms. The fourth-order valence-electron chi connectivity index (χ4n) is 1.48. The number of carbonyl (C=O) groups excluding carboxylic acids is 2. The minimum Gasteiger partial charge on any atom is -0.343 e. The molecule has 0 radical (unpaired) electrons. The number of likely N-dealkylation sites (N-methyl/N-ethyl adjacent to an activating group) is 1. The SMILES string of the molecule is CCN(CC)C(=O)CNC(=O)c1cnccc1Cl. The lowest BCUT2D eigenvalue weighted by atomic mass is 10.2. The molecule has 1 aromatic rings. The molecule has 0 aliphatic rings. The third-order valence-corrected chi connectivity index (χ3v) is 2.86. The van der Waals surface area contributed by atoms with Crippen LogP contribution >= 0.6 is 11.6 Å². The molecule has 0 bridgehead atoms. The van der Waals surface area contributed by atoms with E-state index in [1.807, 2.05) is 13.8 Å². The van der Waals surface area contributed by atoms with E-state index in [0.29, 0.717) is 18.1 Å². The van der Waals surface area contributed by atoms with Crippen molar-refractivity contribution in [3.8, 4) is 0 Å². The maximum Gasteiger partial charge on any atom is 0.254 e. The maximum absolute atomic E-state index is 11.8. The zero-order chi connectivity index (χ0) is 13.5. The van der Waals surface area contributed by atoms with Gasteiger partial charge in [-0.1, -0.05) is 11.6 Å². The van der Waals surface area contributed by atoms with E-state index in [2.05, 4.69) is 10.3 Å². The molecule has 98 valence electrons. The van der Waals surface area contributed by atoms with Crippen molar-refractivity contribution in [3.05, 3.63) is 29.0 Å². The summed E-state index contributed by atoms with van der Waals surface area (Å²) in [6.45, 7) is 4.99. The highest BCUT2D eigenvalue weighted by atomic mass is 35.5. The van der Waals surface area contributed by atoms with Gasteiger partial charge in [0.1, 0.15) is 0 Å². The van der Waals surface area contributed by atoms with E-state index in [9.17, 15) is 9.59 Å². The van der Waals surface area contributed by atoms with E-state index in [1.165, 1.54) is 18.5 Å². The van der Waals surface area contributed by atoms with Gasteiger partial charge in [-0.15, -0.1) is 0 Å². The smallest absolute Gasteiger partial charge is 0.254 e. The highest BCUT2D eigenvalue weighted by molar-refractivity contribution is 6.33. The molecule has 6 heteroatoms. The highest BCUT2D eigenvalue weighted by Gasteiger charge is 2.14. The van der Waals surface area contributed by atoms with Crippen LogP contribution < -0.4 is 5.32 Å². The minimum atomic E-state index is -0.395. The maximum atomic E-state index is 11.8. The van der Waals surface area contributed by atoms with Gasteiger partial charge in [0.15, 0.2) is 0 Å². The van der Waals surface area contributed by atoms with Crippen LogP contribution in [0.15, 0.2) is 18.5 Å². The number of carbonyl (C=O) groups is 2. The second kappa shape index (κ2) is 6.96. The first-order chi connectivity index (χ1) is 8.60. The predicted octanol–water partition coefficient (Wildman–Crippen LogP) is 1.33. The number of hydrogen-bond donors (Lipinski definition) is 1. The first-order valence-corrected chi connectivity index (χ1v) is 6.13. The number of nitrogens with zero attached hydrogens (tertiary/aromatic N) is 2. The Hall–Kier alpha value is -1.62. The number of nitrogens with one attached hydrogen (secondary N) is 1. The van der Waals surface area contributed by atoms with Crippen LogP contribution in [0, 0.1) is 0 Å². The van der Waals surface area contributed by atoms with E-state index < -0.39 is 5.91 Å². The van der Waals surface area contributed by atoms with Crippen molar-refractivity contribution < 1.29 is 9.59 Å². The Kier molecular flexibility index (Phi) is 5.58. The van der Waals surface area contributed by atoms with E-state index >= 15 is 0 Å². The van der Waals surface area contributed by atoms with E-state index in [-0.39, 0.29) is 18.0 Å². The van der Waals surface area contributed by atoms with Crippen molar-refractivity contribution in [1.82, 2.24) is 15.2 Å². The van der Waals surface area contributed by atoms with Crippen molar-refractivity contribution >= 4 is 23.4 Å². The fraction of sp³-hybridized carbons (Fsp3) is 0.417. The van der Waals surface area contributed by atoms with Gasteiger partial charge in [0.25, 0.3) is 5.91 Å². The van der Waals surface area contributed by atoms with Gasteiger partial charge >= 0.3 is 0 Å². The lowest BCUT2D eigenvalue weighted by molar-refractivity contribution is -0.129. The highest BCUT2D eigenvalue weighted by Crippen LogP contribution is 2.12. The van der Waals surface area contributed by atoms with Crippen molar-refractivity contribution in [2.45, 2.75) is 13.8 Å². The first-order valence-electron chi connectivity index (χ1n) is 5.75. The van der Waals surface area contributed by atoms with E-state index in [0.717, 1.165) is 0 Å². The summed E-state index contributed by atoms with van der Waals surface area (Å²) in [5.74, 6) is -0.512. The molecule has 0 atom stereocenters. The minimum absolute atomic E-state index is 0.0360. The number of amides is 2. The van der Waals surface area contributed by atoms with Crippen LogP contribution in [0.4, 0.5) is 0 Å². The second-order valence-corrected chi connectivity index (χ2v) is 4.01. The van der Waals surface area contributed by atoms with Gasteiger partial charge in [-0.2, -0.15) is 0 Å². The van der Waals surface area contributed by atoms with Crippen molar-refractivity contribution in [1.29, 1.82) is 0 Å². The van der Waals surface area contributed by atoms with Crippen LogP contribution in [-0.2, 0) is 4.79 Å². The van der Waals surface area contributed by atoms with Crippen molar-refractivity contribution in [2.75, 3.05) is 19.6 Å². The summed E-state index contributed by atoms with van der Waals surface area (Å²) in [6.07, 6.45) is 2.87. The van der Waals surface area contributed by atoms with Crippen molar-refractivity contribution in [2.24, 2.45) is 0 Å². The third-order valence-electron chi connectivity index (χ3n) is 2.53. The Morgan fingerprint density at radius 2 is 2.06 bits per heavy atom. The molecule has 1 aromatic heterocycles. The Bertz CT molecular complexity index is 433. The average molecular weight is 270 g/mol. The summed E-state index contributed by atoms with van der Waals surface area (Å²) >= 11 is 5.86. The largest absolute Gasteiger partial charge is 0.343 e. The quantitative estimate of drug-likeness (QED) is 0.877. The molecule has 2 amide bonds. The van der Waals surface area contributed by atoms with Crippen LogP contribution in [0.5, 0.6) is 0 Å². The monoisotopic (exact) mass is 269 g/mol. The van der Waals surface area contributed by atoms with Gasteiger partial charge in [-0.05, 0) is 19.9 Å². The topological polar surface area (TPSA) is 62.3 Å². The Morgan fingerprint density at radius 3 is 2.61 bits per heavy atom. The molecule has 0 aliphatic heterocycles. The average Bonchev–Trinajstić information content (AvgIpc) is 2.38. The van der Waals surface area contributed by atoms with Gasteiger partial charge in [0.05, 0.1) is 17.1 Å². The molecule has 5 nitrogen and oxygen atoms in total. The number of hydrogen-bond acceptors (Lipinski definition) is 3. The summed E-state index contributed by atoms with van der Waals surface area (Å²) in [7, 11) is 0. The van der Waals surface area contributed by atoms with Gasteiger partial charge in [0, 0.05) is 25.5 Å². The van der Waals surface area contributed by atoms with Gasteiger partial charge in [0.2, 0.25) is 5.91 Å². The molecule has 0 saturated heterocycles. The number of aromatic nitrogens is 1. The molecule has 0 spiro atoms. The van der Waals surface area contributed by atoms with Crippen LogP contribution in [0.1, 0.15) is 24.2 Å². The van der Waals surface area contributed by atoms with Crippen LogP contribution in [-0.4, -0.2) is 41.3 Å². The molecule has 0 unspecified atom stereocenters. The number of pyridine rings is 1. The predicted molar refractivity (Wildman–Crippen MR) is 69.5 cm³/mol. The van der Waals surface area contributed by atoms with Crippen LogP contribution in [0.3, 0.4) is 0 Å². The molecular weight excluding hydrogens is 254 g/mol. The number of halogens is 1. The van der Waals surface area contributed by atoms with Crippen molar-refractivity contribution in [3.63, 3.8) is 0 Å².